The van der Waals surface area contributed by atoms with Crippen molar-refractivity contribution in [3.05, 3.63) is 74.4 Å². The fourth-order valence-corrected chi connectivity index (χ4v) is 4.06. The molecule has 0 unspecified atom stereocenters. The van der Waals surface area contributed by atoms with Crippen molar-refractivity contribution in [2.45, 2.75) is 13.8 Å². The Kier molecular flexibility index (Phi) is 6.49. The third-order valence-electron chi connectivity index (χ3n) is 3.89. The van der Waals surface area contributed by atoms with Crippen LogP contribution in [0.1, 0.15) is 20.8 Å². The van der Waals surface area contributed by atoms with Crippen LogP contribution in [0.15, 0.2) is 58.4 Å². The number of hydrogen-bond donors (Lipinski definition) is 2. The zero-order valence-electron chi connectivity index (χ0n) is 15.4. The fourth-order valence-electron chi connectivity index (χ4n) is 2.66. The summed E-state index contributed by atoms with van der Waals surface area (Å²) in [7, 11) is 0. The van der Waals surface area contributed by atoms with Crippen LogP contribution in [0, 0.1) is 13.8 Å². The SMILES string of the molecule is Cc1cc(C)c(OCC(=O)Nc2ccc(NC(=O)c3cccs3)cc2)c(Br)c1. The van der Waals surface area contributed by atoms with E-state index in [1.54, 1.807) is 30.3 Å². The van der Waals surface area contributed by atoms with Crippen molar-refractivity contribution in [1.29, 1.82) is 0 Å². The Morgan fingerprint density at radius 2 is 1.71 bits per heavy atom. The molecular formula is C21H19BrN2O3S. The Balaban J connectivity index is 1.54. The van der Waals surface area contributed by atoms with Crippen molar-refractivity contribution < 1.29 is 14.3 Å². The predicted molar refractivity (Wildman–Crippen MR) is 116 cm³/mol. The number of amides is 2. The molecule has 2 N–H and O–H groups in total. The maximum atomic E-state index is 12.2. The zero-order valence-corrected chi connectivity index (χ0v) is 17.8. The summed E-state index contributed by atoms with van der Waals surface area (Å²) >= 11 is 4.85. The number of hydrogen-bond acceptors (Lipinski definition) is 4. The highest BCUT2D eigenvalue weighted by Gasteiger charge is 2.10. The van der Waals surface area contributed by atoms with Gasteiger partial charge in [-0.25, -0.2) is 0 Å². The first-order valence-corrected chi connectivity index (χ1v) is 10.2. The van der Waals surface area contributed by atoms with Crippen LogP contribution in [0.3, 0.4) is 0 Å². The minimum absolute atomic E-state index is 0.0979. The van der Waals surface area contributed by atoms with E-state index >= 15 is 0 Å². The number of ether oxygens (including phenoxy) is 1. The number of carbonyl (C=O) groups is 2. The summed E-state index contributed by atoms with van der Waals surface area (Å²) in [6.45, 7) is 3.84. The topological polar surface area (TPSA) is 67.4 Å². The van der Waals surface area contributed by atoms with Gasteiger partial charge in [0.15, 0.2) is 6.61 Å². The maximum Gasteiger partial charge on any atom is 0.265 e. The molecule has 7 heteroatoms. The number of thiophene rings is 1. The largest absolute Gasteiger partial charge is 0.482 e. The monoisotopic (exact) mass is 458 g/mol. The van der Waals surface area contributed by atoms with Crippen LogP contribution in [-0.2, 0) is 4.79 Å². The lowest BCUT2D eigenvalue weighted by molar-refractivity contribution is -0.118. The summed E-state index contributed by atoms with van der Waals surface area (Å²) in [5.41, 5.74) is 3.37. The van der Waals surface area contributed by atoms with E-state index in [1.165, 1.54) is 11.3 Å². The van der Waals surface area contributed by atoms with Crippen molar-refractivity contribution in [3.8, 4) is 5.75 Å². The summed E-state index contributed by atoms with van der Waals surface area (Å²) in [6, 6.07) is 14.5. The van der Waals surface area contributed by atoms with Crippen LogP contribution < -0.4 is 15.4 Å². The van der Waals surface area contributed by atoms with Gasteiger partial charge in [-0.05, 0) is 82.7 Å². The number of aryl methyl sites for hydroxylation is 2. The molecule has 0 saturated heterocycles. The van der Waals surface area contributed by atoms with E-state index < -0.39 is 0 Å². The van der Waals surface area contributed by atoms with Gasteiger partial charge in [0.1, 0.15) is 5.75 Å². The van der Waals surface area contributed by atoms with Crippen molar-refractivity contribution in [3.63, 3.8) is 0 Å². The lowest BCUT2D eigenvalue weighted by atomic mass is 10.1. The van der Waals surface area contributed by atoms with E-state index in [-0.39, 0.29) is 18.4 Å². The molecule has 1 aromatic heterocycles. The molecular weight excluding hydrogens is 440 g/mol. The molecule has 0 radical (unpaired) electrons. The lowest BCUT2D eigenvalue weighted by Gasteiger charge is -2.12. The molecule has 3 aromatic rings. The molecule has 3 rings (SSSR count). The van der Waals surface area contributed by atoms with Crippen molar-refractivity contribution in [2.75, 3.05) is 17.2 Å². The summed E-state index contributed by atoms with van der Waals surface area (Å²) in [5.74, 6) is 0.244. The van der Waals surface area contributed by atoms with Crippen LogP contribution in [-0.4, -0.2) is 18.4 Å². The van der Waals surface area contributed by atoms with Gasteiger partial charge in [0.25, 0.3) is 11.8 Å². The second kappa shape index (κ2) is 9.03. The second-order valence-electron chi connectivity index (χ2n) is 6.24. The average Bonchev–Trinajstić information content (AvgIpc) is 3.17. The van der Waals surface area contributed by atoms with Crippen molar-refractivity contribution in [2.24, 2.45) is 0 Å². The number of anilines is 2. The third-order valence-corrected chi connectivity index (χ3v) is 5.35. The van der Waals surface area contributed by atoms with Crippen LogP contribution in [0.2, 0.25) is 0 Å². The molecule has 0 fully saturated rings. The van der Waals surface area contributed by atoms with E-state index in [4.69, 9.17) is 4.74 Å². The van der Waals surface area contributed by atoms with Gasteiger partial charge in [-0.15, -0.1) is 11.3 Å². The number of benzene rings is 2. The first-order valence-electron chi connectivity index (χ1n) is 8.56. The highest BCUT2D eigenvalue weighted by atomic mass is 79.9. The Hall–Kier alpha value is -2.64. The zero-order chi connectivity index (χ0) is 20.1. The van der Waals surface area contributed by atoms with Gasteiger partial charge < -0.3 is 15.4 Å². The first kappa shape index (κ1) is 20.1. The molecule has 0 atom stereocenters. The van der Waals surface area contributed by atoms with E-state index in [2.05, 4.69) is 26.6 Å². The van der Waals surface area contributed by atoms with Gasteiger partial charge in [-0.1, -0.05) is 12.1 Å². The molecule has 0 spiro atoms. The molecule has 0 aliphatic rings. The molecule has 0 bridgehead atoms. The lowest BCUT2D eigenvalue weighted by Crippen LogP contribution is -2.20. The Morgan fingerprint density at radius 1 is 1.04 bits per heavy atom. The number of nitrogens with one attached hydrogen (secondary N) is 2. The van der Waals surface area contributed by atoms with Crippen LogP contribution in [0.4, 0.5) is 11.4 Å². The number of carbonyl (C=O) groups excluding carboxylic acids is 2. The second-order valence-corrected chi connectivity index (χ2v) is 8.04. The van der Waals surface area contributed by atoms with Gasteiger partial charge in [0, 0.05) is 11.4 Å². The molecule has 5 nitrogen and oxygen atoms in total. The standard InChI is InChI=1S/C21H19BrN2O3S/c1-13-10-14(2)20(17(22)11-13)27-12-19(25)23-15-5-7-16(8-6-15)24-21(26)18-4-3-9-28-18/h3-11H,12H2,1-2H3,(H,23,25)(H,24,26). The summed E-state index contributed by atoms with van der Waals surface area (Å²) in [6.07, 6.45) is 0. The van der Waals surface area contributed by atoms with Gasteiger partial charge in [0.2, 0.25) is 0 Å². The normalized spacial score (nSPS) is 10.4. The van der Waals surface area contributed by atoms with E-state index in [0.717, 1.165) is 15.6 Å². The number of halogens is 1. The first-order chi connectivity index (χ1) is 13.4. The molecule has 0 aliphatic carbocycles. The van der Waals surface area contributed by atoms with Crippen LogP contribution >= 0.6 is 27.3 Å². The minimum Gasteiger partial charge on any atom is -0.482 e. The summed E-state index contributed by atoms with van der Waals surface area (Å²) in [4.78, 5) is 24.9. The molecule has 28 heavy (non-hydrogen) atoms. The predicted octanol–water partition coefficient (Wildman–Crippen LogP) is 5.40. The molecule has 2 aromatic carbocycles. The molecule has 1 heterocycles. The van der Waals surface area contributed by atoms with E-state index in [9.17, 15) is 9.59 Å². The molecule has 144 valence electrons. The maximum absolute atomic E-state index is 12.2. The number of rotatable bonds is 6. The minimum atomic E-state index is -0.262. The molecule has 0 saturated carbocycles. The fraction of sp³-hybridized carbons (Fsp3) is 0.143. The average molecular weight is 459 g/mol. The van der Waals surface area contributed by atoms with Crippen LogP contribution in [0.5, 0.6) is 5.75 Å². The summed E-state index contributed by atoms with van der Waals surface area (Å²) in [5, 5.41) is 7.45. The van der Waals surface area contributed by atoms with E-state index in [0.29, 0.717) is 22.0 Å². The Bertz CT molecular complexity index is 962. The van der Waals surface area contributed by atoms with Gasteiger partial charge in [-0.2, -0.15) is 0 Å². The van der Waals surface area contributed by atoms with Gasteiger partial charge in [0.05, 0.1) is 9.35 Å². The highest BCUT2D eigenvalue weighted by molar-refractivity contribution is 9.10. The van der Waals surface area contributed by atoms with Crippen LogP contribution in [0.25, 0.3) is 0 Å². The smallest absolute Gasteiger partial charge is 0.265 e. The quantitative estimate of drug-likeness (QED) is 0.519. The van der Waals surface area contributed by atoms with Gasteiger partial charge in [-0.3, -0.25) is 9.59 Å². The molecule has 2 amide bonds. The van der Waals surface area contributed by atoms with Crippen molar-refractivity contribution in [1.82, 2.24) is 0 Å². The highest BCUT2D eigenvalue weighted by Crippen LogP contribution is 2.30. The molecule has 0 aliphatic heterocycles. The van der Waals surface area contributed by atoms with Crippen molar-refractivity contribution >= 4 is 50.5 Å². The van der Waals surface area contributed by atoms with E-state index in [1.807, 2.05) is 37.4 Å². The Morgan fingerprint density at radius 3 is 2.32 bits per heavy atom. The summed E-state index contributed by atoms with van der Waals surface area (Å²) < 4.78 is 6.48. The Labute approximate surface area is 175 Å². The van der Waals surface area contributed by atoms with Gasteiger partial charge >= 0.3 is 0 Å². The third kappa shape index (κ3) is 5.21.